The Kier molecular flexibility index (Phi) is 5.94. The van der Waals surface area contributed by atoms with E-state index in [1.165, 1.54) is 0 Å². The molecule has 0 bridgehead atoms. The lowest BCUT2D eigenvalue weighted by molar-refractivity contribution is -0.140. The minimum atomic E-state index is -0.662. The molecular weight excluding hydrogens is 326 g/mol. The molecule has 1 N–H and O–H groups in total. The van der Waals surface area contributed by atoms with E-state index in [0.29, 0.717) is 13.2 Å². The number of nitrogens with one attached hydrogen (secondary N) is 1. The Bertz CT molecular complexity index is 736. The van der Waals surface area contributed by atoms with Gasteiger partial charge < -0.3 is 14.8 Å². The molecule has 0 saturated heterocycles. The van der Waals surface area contributed by atoms with Crippen molar-refractivity contribution in [1.29, 1.82) is 0 Å². The molecule has 1 fully saturated rings. The first-order valence-electron chi connectivity index (χ1n) is 9.36. The number of rotatable bonds is 7. The normalized spacial score (nSPS) is 15.6. The Morgan fingerprint density at radius 3 is 2.50 bits per heavy atom. The van der Waals surface area contributed by atoms with Crippen LogP contribution in [-0.2, 0) is 16.1 Å². The highest BCUT2D eigenvalue weighted by molar-refractivity contribution is 5.97. The van der Waals surface area contributed by atoms with Gasteiger partial charge in [0.1, 0.15) is 18.0 Å². The highest BCUT2D eigenvalue weighted by Gasteiger charge is 2.41. The standard InChI is InChI=1S/C22H27NO3/c1-3-26-22(13-7-8-14-22)21(24)23-19-11-12-20(17(2)15-19)25-16-18-9-5-4-6-10-18/h4-6,9-12,15H,3,7-8,13-14,16H2,1-2H3,(H,23,24). The molecule has 0 spiro atoms. The van der Waals surface area contributed by atoms with E-state index in [4.69, 9.17) is 9.47 Å². The quantitative estimate of drug-likeness (QED) is 0.773. The van der Waals surface area contributed by atoms with Crippen LogP contribution in [0.3, 0.4) is 0 Å². The zero-order valence-corrected chi connectivity index (χ0v) is 15.6. The SMILES string of the molecule is CCOC1(C(=O)Nc2ccc(OCc3ccccc3)c(C)c2)CCCC1. The molecule has 1 amide bonds. The summed E-state index contributed by atoms with van der Waals surface area (Å²) in [6.07, 6.45) is 3.67. The molecule has 4 nitrogen and oxygen atoms in total. The molecule has 4 heteroatoms. The largest absolute Gasteiger partial charge is 0.489 e. The molecule has 0 radical (unpaired) electrons. The number of hydrogen-bond donors (Lipinski definition) is 1. The molecule has 0 atom stereocenters. The van der Waals surface area contributed by atoms with Crippen molar-refractivity contribution in [1.82, 2.24) is 0 Å². The Morgan fingerprint density at radius 2 is 1.85 bits per heavy atom. The molecule has 0 unspecified atom stereocenters. The zero-order valence-electron chi connectivity index (χ0n) is 15.6. The number of aryl methyl sites for hydroxylation is 1. The van der Waals surface area contributed by atoms with Crippen molar-refractivity contribution in [2.75, 3.05) is 11.9 Å². The maximum absolute atomic E-state index is 12.8. The summed E-state index contributed by atoms with van der Waals surface area (Å²) in [5.74, 6) is 0.793. The van der Waals surface area contributed by atoms with Gasteiger partial charge in [0.2, 0.25) is 0 Å². The summed E-state index contributed by atoms with van der Waals surface area (Å²) >= 11 is 0. The molecule has 138 valence electrons. The van der Waals surface area contributed by atoms with Crippen LogP contribution >= 0.6 is 0 Å². The van der Waals surface area contributed by atoms with Gasteiger partial charge in [-0.3, -0.25) is 4.79 Å². The van der Waals surface area contributed by atoms with Crippen molar-refractivity contribution in [2.45, 2.75) is 51.7 Å². The molecule has 0 heterocycles. The fraction of sp³-hybridized carbons (Fsp3) is 0.409. The third-order valence-electron chi connectivity index (χ3n) is 4.92. The average Bonchev–Trinajstić information content (AvgIpc) is 3.12. The van der Waals surface area contributed by atoms with Gasteiger partial charge in [-0.1, -0.05) is 30.3 Å². The molecule has 0 aliphatic heterocycles. The Hall–Kier alpha value is -2.33. The van der Waals surface area contributed by atoms with Crippen LogP contribution in [0.1, 0.15) is 43.7 Å². The van der Waals surface area contributed by atoms with Crippen molar-refractivity contribution in [3.05, 3.63) is 59.7 Å². The number of ether oxygens (including phenoxy) is 2. The topological polar surface area (TPSA) is 47.6 Å². The van der Waals surface area contributed by atoms with E-state index < -0.39 is 5.60 Å². The highest BCUT2D eigenvalue weighted by atomic mass is 16.5. The van der Waals surface area contributed by atoms with E-state index in [9.17, 15) is 4.79 Å². The number of carbonyl (C=O) groups excluding carboxylic acids is 1. The van der Waals surface area contributed by atoms with Crippen molar-refractivity contribution in [2.24, 2.45) is 0 Å². The summed E-state index contributed by atoms with van der Waals surface area (Å²) < 4.78 is 11.7. The molecule has 3 rings (SSSR count). The Balaban J connectivity index is 1.64. The predicted molar refractivity (Wildman–Crippen MR) is 103 cm³/mol. The van der Waals surface area contributed by atoms with E-state index in [2.05, 4.69) is 5.32 Å². The third-order valence-corrected chi connectivity index (χ3v) is 4.92. The number of amides is 1. The summed E-state index contributed by atoms with van der Waals surface area (Å²) in [5.41, 5.74) is 2.25. The first-order chi connectivity index (χ1) is 12.6. The summed E-state index contributed by atoms with van der Waals surface area (Å²) in [6, 6.07) is 15.8. The van der Waals surface area contributed by atoms with Crippen LogP contribution in [0.4, 0.5) is 5.69 Å². The minimum Gasteiger partial charge on any atom is -0.489 e. The summed E-state index contributed by atoms with van der Waals surface area (Å²) in [5, 5.41) is 3.03. The maximum Gasteiger partial charge on any atom is 0.256 e. The van der Waals surface area contributed by atoms with Crippen LogP contribution in [0, 0.1) is 6.92 Å². The van der Waals surface area contributed by atoms with E-state index in [0.717, 1.165) is 48.2 Å². The molecule has 26 heavy (non-hydrogen) atoms. The van der Waals surface area contributed by atoms with Crippen LogP contribution in [0.5, 0.6) is 5.75 Å². The number of hydrogen-bond acceptors (Lipinski definition) is 3. The lowest BCUT2D eigenvalue weighted by Crippen LogP contribution is -2.43. The molecule has 2 aromatic rings. The first kappa shape index (κ1) is 18.5. The van der Waals surface area contributed by atoms with Gasteiger partial charge in [-0.25, -0.2) is 0 Å². The molecule has 2 aromatic carbocycles. The van der Waals surface area contributed by atoms with Gasteiger partial charge in [0, 0.05) is 12.3 Å². The van der Waals surface area contributed by atoms with Gasteiger partial charge in [0.15, 0.2) is 0 Å². The van der Waals surface area contributed by atoms with E-state index in [1.807, 2.05) is 62.4 Å². The van der Waals surface area contributed by atoms with Gasteiger partial charge in [-0.15, -0.1) is 0 Å². The van der Waals surface area contributed by atoms with Crippen LogP contribution < -0.4 is 10.1 Å². The van der Waals surface area contributed by atoms with Crippen molar-refractivity contribution < 1.29 is 14.3 Å². The second kappa shape index (κ2) is 8.37. The average molecular weight is 353 g/mol. The summed E-state index contributed by atoms with van der Waals surface area (Å²) in [7, 11) is 0. The molecular formula is C22H27NO3. The van der Waals surface area contributed by atoms with Crippen LogP contribution in [0.2, 0.25) is 0 Å². The molecule has 0 aromatic heterocycles. The molecule has 1 aliphatic rings. The molecule has 1 saturated carbocycles. The monoisotopic (exact) mass is 353 g/mol. The Labute approximate surface area is 155 Å². The first-order valence-corrected chi connectivity index (χ1v) is 9.36. The number of carbonyl (C=O) groups is 1. The van der Waals surface area contributed by atoms with E-state index in [1.54, 1.807) is 0 Å². The minimum absolute atomic E-state index is 0.0331. The van der Waals surface area contributed by atoms with Crippen molar-refractivity contribution >= 4 is 11.6 Å². The van der Waals surface area contributed by atoms with Crippen LogP contribution in [-0.4, -0.2) is 18.1 Å². The van der Waals surface area contributed by atoms with Crippen molar-refractivity contribution in [3.8, 4) is 5.75 Å². The van der Waals surface area contributed by atoms with Gasteiger partial charge in [-0.2, -0.15) is 0 Å². The number of benzene rings is 2. The summed E-state index contributed by atoms with van der Waals surface area (Å²) in [4.78, 5) is 12.8. The zero-order chi connectivity index (χ0) is 18.4. The smallest absolute Gasteiger partial charge is 0.256 e. The maximum atomic E-state index is 12.8. The van der Waals surface area contributed by atoms with Gasteiger partial charge >= 0.3 is 0 Å². The van der Waals surface area contributed by atoms with Crippen molar-refractivity contribution in [3.63, 3.8) is 0 Å². The Morgan fingerprint density at radius 1 is 1.12 bits per heavy atom. The van der Waals surface area contributed by atoms with E-state index >= 15 is 0 Å². The molecule has 1 aliphatic carbocycles. The second-order valence-electron chi connectivity index (χ2n) is 6.84. The lowest BCUT2D eigenvalue weighted by atomic mass is 10.0. The van der Waals surface area contributed by atoms with E-state index in [-0.39, 0.29) is 5.91 Å². The van der Waals surface area contributed by atoms with Crippen LogP contribution in [0.25, 0.3) is 0 Å². The number of anilines is 1. The fourth-order valence-corrected chi connectivity index (χ4v) is 3.53. The predicted octanol–water partition coefficient (Wildman–Crippen LogP) is 4.86. The second-order valence-corrected chi connectivity index (χ2v) is 6.84. The lowest BCUT2D eigenvalue weighted by Gasteiger charge is -2.27. The van der Waals surface area contributed by atoms with Crippen LogP contribution in [0.15, 0.2) is 48.5 Å². The fourth-order valence-electron chi connectivity index (χ4n) is 3.53. The van der Waals surface area contributed by atoms with Gasteiger partial charge in [0.25, 0.3) is 5.91 Å². The van der Waals surface area contributed by atoms with Gasteiger partial charge in [0.05, 0.1) is 0 Å². The highest BCUT2D eigenvalue weighted by Crippen LogP contribution is 2.34. The van der Waals surface area contributed by atoms with Gasteiger partial charge in [-0.05, 0) is 68.9 Å². The third kappa shape index (κ3) is 4.25. The summed E-state index contributed by atoms with van der Waals surface area (Å²) in [6.45, 7) is 5.01.